The monoisotopic (exact) mass is 439 g/mol. The smallest absolute Gasteiger partial charge is 0.174 e. The molecule has 0 fully saturated rings. The van der Waals surface area contributed by atoms with Crippen LogP contribution in [-0.4, -0.2) is 9.97 Å². The molecule has 0 spiro atoms. The fourth-order valence-electron chi connectivity index (χ4n) is 4.54. The van der Waals surface area contributed by atoms with Crippen LogP contribution in [0.3, 0.4) is 0 Å². The Morgan fingerprint density at radius 1 is 0.706 bits per heavy atom. The highest BCUT2D eigenvalue weighted by Crippen LogP contribution is 2.37. The molecule has 0 amide bonds. The Morgan fingerprint density at radius 3 is 2.38 bits per heavy atom. The van der Waals surface area contributed by atoms with Crippen molar-refractivity contribution in [2.75, 3.05) is 0 Å². The quantitative estimate of drug-likeness (QED) is 0.363. The minimum atomic E-state index is 0.523. The number of aromatic nitrogens is 3. The van der Waals surface area contributed by atoms with Crippen molar-refractivity contribution in [3.63, 3.8) is 0 Å². The van der Waals surface area contributed by atoms with Gasteiger partial charge in [-0.15, -0.1) is 0 Å². The van der Waals surface area contributed by atoms with Gasteiger partial charge in [0.05, 0.1) is 16.9 Å². The van der Waals surface area contributed by atoms with E-state index in [4.69, 9.17) is 15.7 Å². The van der Waals surface area contributed by atoms with Gasteiger partial charge in [0.25, 0.3) is 0 Å². The van der Waals surface area contributed by atoms with Gasteiger partial charge in [-0.1, -0.05) is 66.7 Å². The van der Waals surface area contributed by atoms with Gasteiger partial charge in [0.15, 0.2) is 12.4 Å². The highest BCUT2D eigenvalue weighted by Gasteiger charge is 2.16. The zero-order chi connectivity index (χ0) is 22.9. The molecule has 3 N–H and O–H groups in total. The summed E-state index contributed by atoms with van der Waals surface area (Å²) in [6.45, 7) is 0.523. The van der Waals surface area contributed by atoms with Gasteiger partial charge in [0, 0.05) is 51.7 Å². The number of nitrogens with two attached hydrogens (primary N) is 1. The van der Waals surface area contributed by atoms with E-state index in [9.17, 15) is 0 Å². The maximum atomic E-state index is 5.82. The lowest BCUT2D eigenvalue weighted by molar-refractivity contribution is -0.375. The van der Waals surface area contributed by atoms with E-state index in [0.29, 0.717) is 6.54 Å². The zero-order valence-corrected chi connectivity index (χ0v) is 18.6. The van der Waals surface area contributed by atoms with E-state index in [0.717, 1.165) is 60.9 Å². The molecule has 6 rings (SSSR count). The lowest BCUT2D eigenvalue weighted by atomic mass is 9.94. The number of hydrogen-bond acceptors (Lipinski definition) is 3. The SMILES string of the molecule is NCc1ccc(-c2nc3ccnc(-c4cccc5c[nH+]ccc45)c3cc2-c2ccccc2)cc1. The predicted octanol–water partition coefficient (Wildman–Crippen LogP) is 6.06. The molecule has 0 aliphatic heterocycles. The van der Waals surface area contributed by atoms with Crippen LogP contribution in [0.15, 0.2) is 110 Å². The molecule has 34 heavy (non-hydrogen) atoms. The molecule has 0 saturated carbocycles. The third-order valence-corrected chi connectivity index (χ3v) is 6.27. The number of H-pyrrole nitrogens is 1. The average Bonchev–Trinajstić information content (AvgIpc) is 2.92. The fourth-order valence-corrected chi connectivity index (χ4v) is 4.54. The minimum Gasteiger partial charge on any atom is -0.326 e. The summed E-state index contributed by atoms with van der Waals surface area (Å²) in [7, 11) is 0. The Labute approximate surface area is 197 Å². The van der Waals surface area contributed by atoms with Crippen LogP contribution in [0.1, 0.15) is 5.56 Å². The first-order chi connectivity index (χ1) is 16.8. The van der Waals surface area contributed by atoms with Gasteiger partial charge in [-0.05, 0) is 29.3 Å². The van der Waals surface area contributed by atoms with Gasteiger partial charge in [0.1, 0.15) is 0 Å². The van der Waals surface area contributed by atoms with Crippen molar-refractivity contribution in [1.29, 1.82) is 0 Å². The second kappa shape index (κ2) is 8.50. The molecule has 0 unspecified atom stereocenters. The van der Waals surface area contributed by atoms with E-state index in [2.05, 4.69) is 83.8 Å². The van der Waals surface area contributed by atoms with Crippen LogP contribution in [0.5, 0.6) is 0 Å². The molecule has 4 nitrogen and oxygen atoms in total. The first-order valence-corrected chi connectivity index (χ1v) is 11.4. The number of rotatable bonds is 4. The van der Waals surface area contributed by atoms with Gasteiger partial charge < -0.3 is 5.73 Å². The topological polar surface area (TPSA) is 65.9 Å². The van der Waals surface area contributed by atoms with E-state index in [1.165, 1.54) is 0 Å². The number of aromatic amines is 1. The molecule has 0 bridgehead atoms. The van der Waals surface area contributed by atoms with Crippen molar-refractivity contribution in [2.24, 2.45) is 5.73 Å². The van der Waals surface area contributed by atoms with Crippen LogP contribution < -0.4 is 10.7 Å². The number of fused-ring (bicyclic) bond motifs is 2. The van der Waals surface area contributed by atoms with Crippen molar-refractivity contribution >= 4 is 21.7 Å². The summed E-state index contributed by atoms with van der Waals surface area (Å²) in [6.07, 6.45) is 5.82. The highest BCUT2D eigenvalue weighted by molar-refractivity contribution is 6.04. The molecule has 3 heterocycles. The van der Waals surface area contributed by atoms with Crippen LogP contribution in [0.25, 0.3) is 55.3 Å². The van der Waals surface area contributed by atoms with Crippen LogP contribution in [0.4, 0.5) is 0 Å². The molecule has 3 aromatic carbocycles. The maximum absolute atomic E-state index is 5.82. The van der Waals surface area contributed by atoms with Gasteiger partial charge in [0.2, 0.25) is 0 Å². The van der Waals surface area contributed by atoms with Crippen molar-refractivity contribution in [3.05, 3.63) is 115 Å². The molecule has 0 atom stereocenters. The molecule has 0 aliphatic rings. The maximum Gasteiger partial charge on any atom is 0.174 e. The molecule has 0 radical (unpaired) electrons. The van der Waals surface area contributed by atoms with Gasteiger partial charge in [-0.3, -0.25) is 4.98 Å². The summed E-state index contributed by atoms with van der Waals surface area (Å²) < 4.78 is 0. The highest BCUT2D eigenvalue weighted by atomic mass is 14.7. The van der Waals surface area contributed by atoms with E-state index in [-0.39, 0.29) is 0 Å². The third-order valence-electron chi connectivity index (χ3n) is 6.27. The van der Waals surface area contributed by atoms with Crippen LogP contribution in [0.2, 0.25) is 0 Å². The Hall–Kier alpha value is -4.41. The number of benzene rings is 3. The summed E-state index contributed by atoms with van der Waals surface area (Å²) in [4.78, 5) is 13.2. The van der Waals surface area contributed by atoms with E-state index in [1.54, 1.807) is 0 Å². The number of nitrogens with zero attached hydrogens (tertiary/aromatic N) is 2. The van der Waals surface area contributed by atoms with E-state index >= 15 is 0 Å². The lowest BCUT2D eigenvalue weighted by Crippen LogP contribution is -1.99. The molecular weight excluding hydrogens is 416 g/mol. The summed E-state index contributed by atoms with van der Waals surface area (Å²) >= 11 is 0. The first kappa shape index (κ1) is 20.2. The summed E-state index contributed by atoms with van der Waals surface area (Å²) in [5.41, 5.74) is 14.1. The number of pyridine rings is 3. The van der Waals surface area contributed by atoms with Crippen LogP contribution >= 0.6 is 0 Å². The van der Waals surface area contributed by atoms with Gasteiger partial charge >= 0.3 is 0 Å². The van der Waals surface area contributed by atoms with Crippen molar-refractivity contribution in [3.8, 4) is 33.6 Å². The molecule has 162 valence electrons. The van der Waals surface area contributed by atoms with Crippen molar-refractivity contribution < 1.29 is 4.98 Å². The Balaban J connectivity index is 1.65. The average molecular weight is 440 g/mol. The van der Waals surface area contributed by atoms with Crippen molar-refractivity contribution in [1.82, 2.24) is 9.97 Å². The fraction of sp³-hybridized carbons (Fsp3) is 0.0333. The molecular formula is C30H23N4+. The van der Waals surface area contributed by atoms with E-state index < -0.39 is 0 Å². The number of nitrogens with one attached hydrogen (secondary N) is 1. The Kier molecular flexibility index (Phi) is 5.06. The molecule has 0 aliphatic carbocycles. The first-order valence-electron chi connectivity index (χ1n) is 11.4. The molecule has 3 aromatic heterocycles. The van der Waals surface area contributed by atoms with Crippen molar-refractivity contribution in [2.45, 2.75) is 6.54 Å². The lowest BCUT2D eigenvalue weighted by Gasteiger charge is -2.14. The summed E-state index contributed by atoms with van der Waals surface area (Å²) in [5.74, 6) is 0. The summed E-state index contributed by atoms with van der Waals surface area (Å²) in [5, 5.41) is 3.33. The third kappa shape index (κ3) is 3.51. The van der Waals surface area contributed by atoms with E-state index in [1.807, 2.05) is 30.7 Å². The second-order valence-electron chi connectivity index (χ2n) is 8.33. The Morgan fingerprint density at radius 2 is 1.56 bits per heavy atom. The number of hydrogen-bond donors (Lipinski definition) is 1. The van der Waals surface area contributed by atoms with Crippen LogP contribution in [-0.2, 0) is 6.54 Å². The minimum absolute atomic E-state index is 0.523. The molecule has 4 heteroatoms. The normalized spacial score (nSPS) is 11.2. The summed E-state index contributed by atoms with van der Waals surface area (Å²) in [6, 6.07) is 31.4. The zero-order valence-electron chi connectivity index (χ0n) is 18.6. The van der Waals surface area contributed by atoms with Gasteiger partial charge in [-0.25, -0.2) is 9.97 Å². The predicted molar refractivity (Wildman–Crippen MR) is 138 cm³/mol. The molecule has 0 saturated heterocycles. The molecule has 6 aromatic rings. The standard InChI is InChI=1S/C30H22N4/c31-18-20-9-11-22(12-10-20)29-26(21-5-2-1-3-6-21)17-27-28(34-29)14-16-33-30(27)25-8-4-7-23-19-32-15-13-24(23)25/h1-17,19H,18,31H2/p+1. The van der Waals surface area contributed by atoms with Gasteiger partial charge in [-0.2, -0.15) is 0 Å². The van der Waals surface area contributed by atoms with Crippen LogP contribution in [0, 0.1) is 0 Å². The largest absolute Gasteiger partial charge is 0.326 e. The second-order valence-corrected chi connectivity index (χ2v) is 8.33. The Bertz CT molecular complexity index is 1620.